The van der Waals surface area contributed by atoms with Gasteiger partial charge in [0.05, 0.1) is 4.90 Å². The maximum atomic E-state index is 11.3. The first kappa shape index (κ1) is 15.5. The molecule has 5 nitrogen and oxygen atoms in total. The van der Waals surface area contributed by atoms with E-state index in [2.05, 4.69) is 0 Å². The lowest BCUT2D eigenvalue weighted by molar-refractivity contribution is -0.145. The zero-order valence-electron chi connectivity index (χ0n) is 11.2. The number of benzene rings is 1. The number of ether oxygens (including phenoxy) is 1. The van der Waals surface area contributed by atoms with E-state index in [0.717, 1.165) is 6.26 Å². The smallest absolute Gasteiger partial charge is 0.344 e. The summed E-state index contributed by atoms with van der Waals surface area (Å²) in [5.41, 5.74) is 0. The van der Waals surface area contributed by atoms with Crippen molar-refractivity contribution in [1.82, 2.24) is 0 Å². The molecule has 1 N–H and O–H groups in total. The van der Waals surface area contributed by atoms with Crippen molar-refractivity contribution in [1.29, 1.82) is 0 Å². The second-order valence-electron chi connectivity index (χ2n) is 4.82. The van der Waals surface area contributed by atoms with Crippen LogP contribution in [0.4, 0.5) is 0 Å². The highest BCUT2D eigenvalue weighted by atomic mass is 32.2. The molecule has 0 amide bonds. The molecular weight excluding hydrogens is 268 g/mol. The van der Waals surface area contributed by atoms with Crippen LogP contribution in [0.3, 0.4) is 0 Å². The molecule has 0 radical (unpaired) electrons. The average Bonchev–Trinajstić information content (AvgIpc) is 2.27. The Morgan fingerprint density at radius 3 is 2.16 bits per heavy atom. The maximum absolute atomic E-state index is 11.3. The number of carboxylic acids is 1. The summed E-state index contributed by atoms with van der Waals surface area (Å²) in [5, 5.41) is 9.05. The Bertz CT molecular complexity index is 531. The van der Waals surface area contributed by atoms with Crippen molar-refractivity contribution in [2.45, 2.75) is 31.3 Å². The van der Waals surface area contributed by atoms with Crippen molar-refractivity contribution in [3.8, 4) is 5.75 Å². The van der Waals surface area contributed by atoms with Gasteiger partial charge in [-0.15, -0.1) is 0 Å². The molecule has 0 saturated carbocycles. The molecule has 19 heavy (non-hydrogen) atoms. The summed E-state index contributed by atoms with van der Waals surface area (Å²) in [6, 6.07) is 5.73. The Labute approximate surface area is 113 Å². The first-order valence-corrected chi connectivity index (χ1v) is 7.79. The van der Waals surface area contributed by atoms with E-state index in [1.54, 1.807) is 0 Å². The third-order valence-corrected chi connectivity index (χ3v) is 3.62. The van der Waals surface area contributed by atoms with Crippen molar-refractivity contribution < 1.29 is 23.1 Å². The minimum absolute atomic E-state index is 0.176. The maximum Gasteiger partial charge on any atom is 0.344 e. The van der Waals surface area contributed by atoms with E-state index in [9.17, 15) is 13.2 Å². The lowest BCUT2D eigenvalue weighted by atomic mass is 10.1. The number of hydrogen-bond donors (Lipinski definition) is 1. The minimum Gasteiger partial charge on any atom is -0.479 e. The summed E-state index contributed by atoms with van der Waals surface area (Å²) in [7, 11) is -3.26. The van der Waals surface area contributed by atoms with Gasteiger partial charge in [-0.25, -0.2) is 13.2 Å². The lowest BCUT2D eigenvalue weighted by Gasteiger charge is -2.17. The second kappa shape index (κ2) is 6.06. The molecule has 1 aromatic carbocycles. The monoisotopic (exact) mass is 286 g/mol. The number of rotatable bonds is 6. The molecule has 1 atom stereocenters. The highest BCUT2D eigenvalue weighted by molar-refractivity contribution is 7.90. The van der Waals surface area contributed by atoms with Crippen LogP contribution < -0.4 is 4.74 Å². The van der Waals surface area contributed by atoms with Crippen molar-refractivity contribution in [3.63, 3.8) is 0 Å². The summed E-state index contributed by atoms with van der Waals surface area (Å²) < 4.78 is 27.9. The summed E-state index contributed by atoms with van der Waals surface area (Å²) in [4.78, 5) is 11.2. The van der Waals surface area contributed by atoms with Crippen molar-refractivity contribution in [2.24, 2.45) is 5.92 Å². The predicted molar refractivity (Wildman–Crippen MR) is 71.1 cm³/mol. The van der Waals surface area contributed by atoms with Gasteiger partial charge in [-0.2, -0.15) is 0 Å². The Hall–Kier alpha value is -1.56. The fraction of sp³-hybridized carbons (Fsp3) is 0.462. The van der Waals surface area contributed by atoms with Crippen LogP contribution in [0, 0.1) is 5.92 Å². The van der Waals surface area contributed by atoms with Gasteiger partial charge in [-0.3, -0.25) is 0 Å². The standard InChI is InChI=1S/C13H18O5S/c1-9(2)8-12(13(14)15)18-10-4-6-11(7-5-10)19(3,16)17/h4-7,9,12H,8H2,1-3H3,(H,14,15). The average molecular weight is 286 g/mol. The van der Waals surface area contributed by atoms with E-state index in [4.69, 9.17) is 9.84 Å². The van der Waals surface area contributed by atoms with Crippen LogP contribution >= 0.6 is 0 Å². The van der Waals surface area contributed by atoms with Gasteiger partial charge in [0, 0.05) is 6.26 Å². The molecule has 0 bridgehead atoms. The Balaban J connectivity index is 2.84. The third kappa shape index (κ3) is 4.90. The molecule has 0 saturated heterocycles. The number of hydrogen-bond acceptors (Lipinski definition) is 4. The van der Waals surface area contributed by atoms with Gasteiger partial charge >= 0.3 is 5.97 Å². The highest BCUT2D eigenvalue weighted by Gasteiger charge is 2.20. The van der Waals surface area contributed by atoms with Gasteiger partial charge in [0.2, 0.25) is 0 Å². The molecule has 0 aliphatic carbocycles. The quantitative estimate of drug-likeness (QED) is 0.864. The van der Waals surface area contributed by atoms with Crippen molar-refractivity contribution in [3.05, 3.63) is 24.3 Å². The van der Waals surface area contributed by atoms with Gasteiger partial charge < -0.3 is 9.84 Å². The van der Waals surface area contributed by atoms with Crippen molar-refractivity contribution in [2.75, 3.05) is 6.26 Å². The Morgan fingerprint density at radius 2 is 1.79 bits per heavy atom. The summed E-state index contributed by atoms with van der Waals surface area (Å²) in [6.07, 6.45) is 0.578. The molecular formula is C13H18O5S. The van der Waals surface area contributed by atoms with E-state index in [1.165, 1.54) is 24.3 Å². The minimum atomic E-state index is -3.26. The summed E-state index contributed by atoms with van der Waals surface area (Å²) in [5.74, 6) is -0.488. The van der Waals surface area contributed by atoms with Crippen LogP contribution in [0.2, 0.25) is 0 Å². The fourth-order valence-corrected chi connectivity index (χ4v) is 2.19. The molecule has 1 unspecified atom stereocenters. The van der Waals surface area contributed by atoms with Gasteiger partial charge in [0.1, 0.15) is 5.75 Å². The normalized spacial score (nSPS) is 13.3. The number of carbonyl (C=O) groups is 1. The zero-order chi connectivity index (χ0) is 14.6. The van der Waals surface area contributed by atoms with Gasteiger partial charge in [0.25, 0.3) is 0 Å². The third-order valence-electron chi connectivity index (χ3n) is 2.49. The van der Waals surface area contributed by atoms with E-state index in [-0.39, 0.29) is 10.8 Å². The molecule has 0 fully saturated rings. The Kier molecular flexibility index (Phi) is 4.94. The lowest BCUT2D eigenvalue weighted by Crippen LogP contribution is -2.28. The zero-order valence-corrected chi connectivity index (χ0v) is 12.0. The van der Waals surface area contributed by atoms with E-state index < -0.39 is 21.9 Å². The highest BCUT2D eigenvalue weighted by Crippen LogP contribution is 2.19. The number of aliphatic carboxylic acids is 1. The first-order valence-electron chi connectivity index (χ1n) is 5.89. The van der Waals surface area contributed by atoms with Crippen molar-refractivity contribution >= 4 is 15.8 Å². The molecule has 0 aliphatic heterocycles. The largest absolute Gasteiger partial charge is 0.479 e. The number of sulfone groups is 1. The molecule has 106 valence electrons. The van der Waals surface area contributed by atoms with Crippen LogP contribution in [0.1, 0.15) is 20.3 Å². The van der Waals surface area contributed by atoms with Crippen LogP contribution in [-0.2, 0) is 14.6 Å². The van der Waals surface area contributed by atoms with Gasteiger partial charge in [-0.05, 0) is 36.6 Å². The molecule has 0 heterocycles. The predicted octanol–water partition coefficient (Wildman–Crippen LogP) is 1.97. The molecule has 0 aliphatic rings. The van der Waals surface area contributed by atoms with Crippen LogP contribution in [0.25, 0.3) is 0 Å². The van der Waals surface area contributed by atoms with E-state index >= 15 is 0 Å². The van der Waals surface area contributed by atoms with Crippen LogP contribution in [0.5, 0.6) is 5.75 Å². The van der Waals surface area contributed by atoms with Crippen LogP contribution in [-0.4, -0.2) is 31.9 Å². The summed E-state index contributed by atoms with van der Waals surface area (Å²) >= 11 is 0. The van der Waals surface area contributed by atoms with Crippen LogP contribution in [0.15, 0.2) is 29.2 Å². The second-order valence-corrected chi connectivity index (χ2v) is 6.83. The SMILES string of the molecule is CC(C)CC(Oc1ccc(S(C)(=O)=O)cc1)C(=O)O. The molecule has 0 aromatic heterocycles. The number of carboxylic acid groups (broad SMARTS) is 1. The fourth-order valence-electron chi connectivity index (χ4n) is 1.56. The Morgan fingerprint density at radius 1 is 1.26 bits per heavy atom. The molecule has 0 spiro atoms. The summed E-state index contributed by atoms with van der Waals surface area (Å²) in [6.45, 7) is 3.82. The van der Waals surface area contributed by atoms with Gasteiger partial charge in [0.15, 0.2) is 15.9 Å². The van der Waals surface area contributed by atoms with E-state index in [0.29, 0.717) is 12.2 Å². The topological polar surface area (TPSA) is 80.7 Å². The first-order chi connectivity index (χ1) is 8.70. The van der Waals surface area contributed by atoms with Gasteiger partial charge in [-0.1, -0.05) is 13.8 Å². The molecule has 6 heteroatoms. The molecule has 1 rings (SSSR count). The van der Waals surface area contributed by atoms with E-state index in [1.807, 2.05) is 13.8 Å². The molecule has 1 aromatic rings.